The standard InChI is InChI=1S/C7H13NO3/c1-7(2)5-8(6(9)10)3-4-11-7/h3-5H2,1-2H3,(H,9,10). The number of morpholine rings is 1. The van der Waals surface area contributed by atoms with Gasteiger partial charge in [0, 0.05) is 6.54 Å². The first-order valence-corrected chi connectivity index (χ1v) is 3.63. The molecule has 4 heteroatoms. The molecular weight excluding hydrogens is 146 g/mol. The summed E-state index contributed by atoms with van der Waals surface area (Å²) in [7, 11) is 0. The largest absolute Gasteiger partial charge is 0.465 e. The van der Waals surface area contributed by atoms with Gasteiger partial charge >= 0.3 is 6.09 Å². The highest BCUT2D eigenvalue weighted by Gasteiger charge is 2.29. The van der Waals surface area contributed by atoms with Crippen molar-refractivity contribution in [1.29, 1.82) is 0 Å². The van der Waals surface area contributed by atoms with Crippen LogP contribution < -0.4 is 0 Å². The molecule has 0 radical (unpaired) electrons. The van der Waals surface area contributed by atoms with E-state index < -0.39 is 6.09 Å². The van der Waals surface area contributed by atoms with Crippen LogP contribution in [0.4, 0.5) is 4.79 Å². The molecule has 1 fully saturated rings. The van der Waals surface area contributed by atoms with Crippen LogP contribution in [-0.4, -0.2) is 41.4 Å². The Bertz CT molecular complexity index is 167. The van der Waals surface area contributed by atoms with Gasteiger partial charge in [-0.2, -0.15) is 0 Å². The summed E-state index contributed by atoms with van der Waals surface area (Å²) in [5, 5.41) is 8.64. The Hall–Kier alpha value is -0.770. The number of nitrogens with zero attached hydrogens (tertiary/aromatic N) is 1. The molecule has 64 valence electrons. The summed E-state index contributed by atoms with van der Waals surface area (Å²) >= 11 is 0. The molecule has 4 nitrogen and oxygen atoms in total. The molecule has 0 aromatic carbocycles. The van der Waals surface area contributed by atoms with Crippen LogP contribution >= 0.6 is 0 Å². The second-order valence-corrected chi connectivity index (χ2v) is 3.31. The van der Waals surface area contributed by atoms with Crippen LogP contribution in [-0.2, 0) is 4.74 Å². The van der Waals surface area contributed by atoms with Gasteiger partial charge in [0.15, 0.2) is 0 Å². The zero-order valence-corrected chi connectivity index (χ0v) is 6.83. The summed E-state index contributed by atoms with van der Waals surface area (Å²) in [6.45, 7) is 5.23. The van der Waals surface area contributed by atoms with E-state index in [-0.39, 0.29) is 5.60 Å². The second-order valence-electron chi connectivity index (χ2n) is 3.31. The lowest BCUT2D eigenvalue weighted by Crippen LogP contribution is -2.50. The summed E-state index contributed by atoms with van der Waals surface area (Å²) in [6, 6.07) is 0. The Morgan fingerprint density at radius 1 is 1.64 bits per heavy atom. The fraction of sp³-hybridized carbons (Fsp3) is 0.857. The predicted octanol–water partition coefficient (Wildman–Crippen LogP) is 0.775. The number of carbonyl (C=O) groups is 1. The Morgan fingerprint density at radius 3 is 2.64 bits per heavy atom. The van der Waals surface area contributed by atoms with Crippen LogP contribution in [0.1, 0.15) is 13.8 Å². The number of hydrogen-bond donors (Lipinski definition) is 1. The lowest BCUT2D eigenvalue weighted by molar-refractivity contribution is -0.0782. The maximum Gasteiger partial charge on any atom is 0.407 e. The average molecular weight is 159 g/mol. The molecule has 0 aromatic rings. The van der Waals surface area contributed by atoms with Crippen molar-refractivity contribution in [2.24, 2.45) is 0 Å². The Kier molecular flexibility index (Phi) is 2.04. The first-order chi connectivity index (χ1) is 5.01. The quantitative estimate of drug-likeness (QED) is 0.568. The van der Waals surface area contributed by atoms with E-state index >= 15 is 0 Å². The fourth-order valence-electron chi connectivity index (χ4n) is 1.18. The summed E-state index contributed by atoms with van der Waals surface area (Å²) in [6.07, 6.45) is -0.860. The molecule has 1 aliphatic heterocycles. The van der Waals surface area contributed by atoms with E-state index in [9.17, 15) is 4.79 Å². The molecule has 11 heavy (non-hydrogen) atoms. The van der Waals surface area contributed by atoms with Gasteiger partial charge in [-0.3, -0.25) is 0 Å². The van der Waals surface area contributed by atoms with Crippen molar-refractivity contribution in [3.05, 3.63) is 0 Å². The number of carboxylic acid groups (broad SMARTS) is 1. The molecule has 0 spiro atoms. The number of hydrogen-bond acceptors (Lipinski definition) is 2. The van der Waals surface area contributed by atoms with Gasteiger partial charge < -0.3 is 14.7 Å². The van der Waals surface area contributed by atoms with Crippen LogP contribution in [0.3, 0.4) is 0 Å². The summed E-state index contributed by atoms with van der Waals surface area (Å²) in [5.74, 6) is 0. The van der Waals surface area contributed by atoms with Gasteiger partial charge in [-0.1, -0.05) is 0 Å². The van der Waals surface area contributed by atoms with Gasteiger partial charge in [0.1, 0.15) is 0 Å². The van der Waals surface area contributed by atoms with Crippen molar-refractivity contribution in [3.8, 4) is 0 Å². The molecule has 0 saturated carbocycles. The molecule has 1 saturated heterocycles. The lowest BCUT2D eigenvalue weighted by Gasteiger charge is -2.36. The molecule has 1 N–H and O–H groups in total. The van der Waals surface area contributed by atoms with Gasteiger partial charge in [-0.25, -0.2) is 4.79 Å². The molecular formula is C7H13NO3. The first kappa shape index (κ1) is 8.33. The Morgan fingerprint density at radius 2 is 2.27 bits per heavy atom. The van der Waals surface area contributed by atoms with Gasteiger partial charge in [0.25, 0.3) is 0 Å². The zero-order valence-electron chi connectivity index (χ0n) is 6.83. The number of rotatable bonds is 0. The van der Waals surface area contributed by atoms with Crippen LogP contribution in [0, 0.1) is 0 Å². The second kappa shape index (κ2) is 2.70. The van der Waals surface area contributed by atoms with Crippen LogP contribution in [0.25, 0.3) is 0 Å². The Labute approximate surface area is 65.8 Å². The summed E-state index contributed by atoms with van der Waals surface area (Å²) < 4.78 is 5.34. The molecule has 0 atom stereocenters. The molecule has 1 rings (SSSR count). The highest BCUT2D eigenvalue weighted by molar-refractivity contribution is 5.65. The molecule has 0 unspecified atom stereocenters. The zero-order chi connectivity index (χ0) is 8.48. The molecule has 1 amide bonds. The van der Waals surface area contributed by atoms with E-state index in [1.165, 1.54) is 4.90 Å². The minimum atomic E-state index is -0.860. The third-order valence-electron chi connectivity index (χ3n) is 1.70. The van der Waals surface area contributed by atoms with E-state index in [1.54, 1.807) is 0 Å². The van der Waals surface area contributed by atoms with Crippen molar-refractivity contribution < 1.29 is 14.6 Å². The lowest BCUT2D eigenvalue weighted by atomic mass is 10.1. The average Bonchev–Trinajstić information content (AvgIpc) is 1.85. The van der Waals surface area contributed by atoms with Crippen molar-refractivity contribution >= 4 is 6.09 Å². The minimum absolute atomic E-state index is 0.323. The molecule has 0 aromatic heterocycles. The van der Waals surface area contributed by atoms with Crippen molar-refractivity contribution in [2.45, 2.75) is 19.4 Å². The summed E-state index contributed by atoms with van der Waals surface area (Å²) in [5.41, 5.74) is -0.323. The van der Waals surface area contributed by atoms with E-state index in [0.717, 1.165) is 0 Å². The number of ether oxygens (including phenoxy) is 1. The van der Waals surface area contributed by atoms with E-state index in [4.69, 9.17) is 9.84 Å². The Balaban J connectivity index is 2.53. The fourth-order valence-corrected chi connectivity index (χ4v) is 1.18. The van der Waals surface area contributed by atoms with Crippen molar-refractivity contribution in [1.82, 2.24) is 4.90 Å². The third kappa shape index (κ3) is 2.08. The van der Waals surface area contributed by atoms with Gasteiger partial charge in [-0.15, -0.1) is 0 Å². The van der Waals surface area contributed by atoms with Gasteiger partial charge in [0.2, 0.25) is 0 Å². The monoisotopic (exact) mass is 159 g/mol. The van der Waals surface area contributed by atoms with Crippen molar-refractivity contribution in [2.75, 3.05) is 19.7 Å². The van der Waals surface area contributed by atoms with Gasteiger partial charge in [-0.05, 0) is 13.8 Å². The van der Waals surface area contributed by atoms with Crippen LogP contribution in [0.15, 0.2) is 0 Å². The van der Waals surface area contributed by atoms with E-state index in [2.05, 4.69) is 0 Å². The number of amides is 1. The third-order valence-corrected chi connectivity index (χ3v) is 1.70. The van der Waals surface area contributed by atoms with Crippen LogP contribution in [0.2, 0.25) is 0 Å². The first-order valence-electron chi connectivity index (χ1n) is 3.63. The minimum Gasteiger partial charge on any atom is -0.465 e. The molecule has 1 heterocycles. The highest BCUT2D eigenvalue weighted by atomic mass is 16.5. The van der Waals surface area contributed by atoms with Crippen LogP contribution in [0.5, 0.6) is 0 Å². The smallest absolute Gasteiger partial charge is 0.407 e. The molecule has 0 bridgehead atoms. The molecule has 1 aliphatic rings. The topological polar surface area (TPSA) is 49.8 Å². The summed E-state index contributed by atoms with van der Waals surface area (Å²) in [4.78, 5) is 11.9. The predicted molar refractivity (Wildman–Crippen MR) is 39.6 cm³/mol. The highest BCUT2D eigenvalue weighted by Crippen LogP contribution is 2.15. The van der Waals surface area contributed by atoms with E-state index in [1.807, 2.05) is 13.8 Å². The van der Waals surface area contributed by atoms with Crippen molar-refractivity contribution in [3.63, 3.8) is 0 Å². The van der Waals surface area contributed by atoms with E-state index in [0.29, 0.717) is 19.7 Å². The van der Waals surface area contributed by atoms with Gasteiger partial charge in [0.05, 0.1) is 18.8 Å². The SMILES string of the molecule is CC1(C)CN(C(=O)O)CCO1. The normalized spacial score (nSPS) is 23.3. The maximum absolute atomic E-state index is 10.5. The maximum atomic E-state index is 10.5. The molecule has 0 aliphatic carbocycles.